The van der Waals surface area contributed by atoms with Crippen LogP contribution < -0.4 is 5.32 Å². The van der Waals surface area contributed by atoms with Gasteiger partial charge in [0, 0.05) is 41.1 Å². The molecule has 35 heavy (non-hydrogen) atoms. The first-order valence-corrected chi connectivity index (χ1v) is 13.7. The van der Waals surface area contributed by atoms with Crippen molar-refractivity contribution in [2.75, 3.05) is 12.3 Å². The van der Waals surface area contributed by atoms with Gasteiger partial charge < -0.3 is 10.2 Å². The summed E-state index contributed by atoms with van der Waals surface area (Å²) in [6.45, 7) is 5.10. The lowest BCUT2D eigenvalue weighted by Gasteiger charge is -2.32. The average molecular weight is 554 g/mol. The number of amides is 2. The Balaban J connectivity index is 1.83. The van der Waals surface area contributed by atoms with Gasteiger partial charge in [0.25, 0.3) is 0 Å². The summed E-state index contributed by atoms with van der Waals surface area (Å²) in [6.07, 6.45) is 0.831. The van der Waals surface area contributed by atoms with E-state index < -0.39 is 6.04 Å². The summed E-state index contributed by atoms with van der Waals surface area (Å²) in [5.41, 5.74) is 2.02. The first-order chi connectivity index (χ1) is 16.9. The Kier molecular flexibility index (Phi) is 10.9. The highest BCUT2D eigenvalue weighted by Gasteiger charge is 2.30. The fourth-order valence-corrected chi connectivity index (χ4v) is 4.81. The number of hydrogen-bond donors (Lipinski definition) is 1. The van der Waals surface area contributed by atoms with E-state index in [0.717, 1.165) is 20.5 Å². The van der Waals surface area contributed by atoms with Crippen molar-refractivity contribution in [3.05, 3.63) is 101 Å². The minimum atomic E-state index is -0.589. The Labute approximate surface area is 221 Å². The monoisotopic (exact) mass is 552 g/mol. The van der Waals surface area contributed by atoms with Gasteiger partial charge in [0.1, 0.15) is 6.04 Å². The predicted octanol–water partition coefficient (Wildman–Crippen LogP) is 6.34. The molecule has 1 N–H and O–H groups in total. The highest BCUT2D eigenvalue weighted by atomic mass is 79.9. The van der Waals surface area contributed by atoms with Gasteiger partial charge in [-0.05, 0) is 41.3 Å². The van der Waals surface area contributed by atoms with E-state index in [4.69, 9.17) is 0 Å². The molecule has 0 saturated heterocycles. The molecule has 0 aromatic heterocycles. The van der Waals surface area contributed by atoms with Crippen LogP contribution in [0, 0.1) is 5.92 Å². The standard InChI is InChI=1S/C29H33BrN2O2S/c1-22(2)20-31-29(34)27(19-23-9-5-3-6-10-23)32(21-24-13-15-25(30)16-14-24)28(33)17-18-35-26-11-7-4-8-12-26/h3-16,22,27H,17-21H2,1-2H3,(H,31,34)/t27-/m0/s1. The minimum absolute atomic E-state index is 0.0167. The Morgan fingerprint density at radius 2 is 1.51 bits per heavy atom. The van der Waals surface area contributed by atoms with Crippen LogP contribution in [0.25, 0.3) is 0 Å². The number of rotatable bonds is 12. The molecule has 0 aliphatic carbocycles. The molecule has 6 heteroatoms. The number of nitrogens with one attached hydrogen (secondary N) is 1. The zero-order chi connectivity index (χ0) is 25.0. The van der Waals surface area contributed by atoms with Crippen molar-refractivity contribution in [1.82, 2.24) is 10.2 Å². The number of nitrogens with zero attached hydrogens (tertiary/aromatic N) is 1. The maximum atomic E-state index is 13.6. The van der Waals surface area contributed by atoms with Gasteiger partial charge >= 0.3 is 0 Å². The average Bonchev–Trinajstić information content (AvgIpc) is 2.87. The van der Waals surface area contributed by atoms with E-state index in [-0.39, 0.29) is 11.8 Å². The molecule has 0 bridgehead atoms. The third kappa shape index (κ3) is 9.19. The normalized spacial score (nSPS) is 11.8. The Hall–Kier alpha value is -2.57. The Morgan fingerprint density at radius 1 is 0.886 bits per heavy atom. The third-order valence-corrected chi connectivity index (χ3v) is 7.09. The second kappa shape index (κ2) is 14.1. The molecule has 0 fully saturated rings. The van der Waals surface area contributed by atoms with Crippen molar-refractivity contribution in [3.8, 4) is 0 Å². The van der Waals surface area contributed by atoms with Gasteiger partial charge in [-0.3, -0.25) is 9.59 Å². The van der Waals surface area contributed by atoms with Gasteiger partial charge in [-0.2, -0.15) is 0 Å². The van der Waals surface area contributed by atoms with E-state index in [1.165, 1.54) is 0 Å². The fourth-order valence-electron chi connectivity index (χ4n) is 3.68. The zero-order valence-corrected chi connectivity index (χ0v) is 22.7. The van der Waals surface area contributed by atoms with Crippen LogP contribution in [0.15, 0.2) is 94.3 Å². The van der Waals surface area contributed by atoms with Crippen LogP contribution >= 0.6 is 27.7 Å². The van der Waals surface area contributed by atoms with Gasteiger partial charge in [-0.15, -0.1) is 11.8 Å². The molecule has 2 amide bonds. The van der Waals surface area contributed by atoms with Gasteiger partial charge in [0.05, 0.1) is 0 Å². The molecular formula is C29H33BrN2O2S. The van der Waals surface area contributed by atoms with Crippen LogP contribution in [0.2, 0.25) is 0 Å². The number of carbonyl (C=O) groups is 2. The van der Waals surface area contributed by atoms with E-state index in [1.54, 1.807) is 16.7 Å². The summed E-state index contributed by atoms with van der Waals surface area (Å²) in [6, 6.07) is 27.3. The summed E-state index contributed by atoms with van der Waals surface area (Å²) in [7, 11) is 0. The fraction of sp³-hybridized carbons (Fsp3) is 0.310. The predicted molar refractivity (Wildman–Crippen MR) is 148 cm³/mol. The van der Waals surface area contributed by atoms with Crippen LogP contribution in [0.4, 0.5) is 0 Å². The number of carbonyl (C=O) groups excluding carboxylic acids is 2. The molecule has 0 aliphatic rings. The number of hydrogen-bond acceptors (Lipinski definition) is 3. The second-order valence-electron chi connectivity index (χ2n) is 8.90. The largest absolute Gasteiger partial charge is 0.354 e. The zero-order valence-electron chi connectivity index (χ0n) is 20.3. The number of halogens is 1. The molecular weight excluding hydrogens is 520 g/mol. The highest BCUT2D eigenvalue weighted by Crippen LogP contribution is 2.21. The summed E-state index contributed by atoms with van der Waals surface area (Å²) in [4.78, 5) is 29.9. The van der Waals surface area contributed by atoms with Crippen molar-refractivity contribution in [1.29, 1.82) is 0 Å². The smallest absolute Gasteiger partial charge is 0.243 e. The van der Waals surface area contributed by atoms with Crippen LogP contribution in [0.3, 0.4) is 0 Å². The van der Waals surface area contributed by atoms with Crippen LogP contribution in [0.5, 0.6) is 0 Å². The van der Waals surface area contributed by atoms with E-state index in [1.807, 2.05) is 84.9 Å². The summed E-state index contributed by atoms with van der Waals surface area (Å²) in [5, 5.41) is 3.07. The van der Waals surface area contributed by atoms with Crippen molar-refractivity contribution in [2.24, 2.45) is 5.92 Å². The van der Waals surface area contributed by atoms with E-state index in [2.05, 4.69) is 35.1 Å². The van der Waals surface area contributed by atoms with Crippen LogP contribution in [-0.4, -0.2) is 35.1 Å². The molecule has 0 heterocycles. The quantitative estimate of drug-likeness (QED) is 0.266. The van der Waals surface area contributed by atoms with E-state index in [0.29, 0.717) is 37.6 Å². The van der Waals surface area contributed by atoms with E-state index >= 15 is 0 Å². The SMILES string of the molecule is CC(C)CNC(=O)[C@H](Cc1ccccc1)N(Cc1ccc(Br)cc1)C(=O)CCSc1ccccc1. The molecule has 0 aliphatic heterocycles. The maximum Gasteiger partial charge on any atom is 0.243 e. The van der Waals surface area contributed by atoms with Gasteiger partial charge in [0.15, 0.2) is 0 Å². The molecule has 3 rings (SSSR count). The van der Waals surface area contributed by atoms with Crippen molar-refractivity contribution >= 4 is 39.5 Å². The Bertz CT molecular complexity index is 1060. The molecule has 0 saturated carbocycles. The number of benzene rings is 3. The van der Waals surface area contributed by atoms with Gasteiger partial charge in [-0.25, -0.2) is 0 Å². The minimum Gasteiger partial charge on any atom is -0.354 e. The first kappa shape index (κ1) is 27.0. The Morgan fingerprint density at radius 3 is 2.14 bits per heavy atom. The molecule has 0 radical (unpaired) electrons. The van der Waals surface area contributed by atoms with Gasteiger partial charge in [-0.1, -0.05) is 90.4 Å². The molecule has 1 atom stereocenters. The summed E-state index contributed by atoms with van der Waals surface area (Å²) < 4.78 is 0.980. The van der Waals surface area contributed by atoms with Crippen molar-refractivity contribution < 1.29 is 9.59 Å². The molecule has 0 spiro atoms. The molecule has 184 valence electrons. The van der Waals surface area contributed by atoms with Crippen molar-refractivity contribution in [3.63, 3.8) is 0 Å². The lowest BCUT2D eigenvalue weighted by Crippen LogP contribution is -2.51. The maximum absolute atomic E-state index is 13.6. The van der Waals surface area contributed by atoms with Crippen molar-refractivity contribution in [2.45, 2.75) is 44.2 Å². The van der Waals surface area contributed by atoms with Crippen LogP contribution in [-0.2, 0) is 22.6 Å². The third-order valence-electron chi connectivity index (χ3n) is 5.55. The second-order valence-corrected chi connectivity index (χ2v) is 11.0. The van der Waals surface area contributed by atoms with E-state index in [9.17, 15) is 9.59 Å². The molecule has 4 nitrogen and oxygen atoms in total. The summed E-state index contributed by atoms with van der Waals surface area (Å²) in [5.74, 6) is 0.862. The van der Waals surface area contributed by atoms with Gasteiger partial charge in [0.2, 0.25) is 11.8 Å². The molecule has 3 aromatic carbocycles. The summed E-state index contributed by atoms with van der Waals surface area (Å²) >= 11 is 5.14. The molecule has 0 unspecified atom stereocenters. The number of thioether (sulfide) groups is 1. The first-order valence-electron chi connectivity index (χ1n) is 12.0. The lowest BCUT2D eigenvalue weighted by atomic mass is 10.0. The molecule has 3 aromatic rings. The highest BCUT2D eigenvalue weighted by molar-refractivity contribution is 9.10. The topological polar surface area (TPSA) is 49.4 Å². The lowest BCUT2D eigenvalue weighted by molar-refractivity contribution is -0.141. The van der Waals surface area contributed by atoms with Crippen LogP contribution in [0.1, 0.15) is 31.4 Å².